The maximum absolute atomic E-state index is 13.4. The van der Waals surface area contributed by atoms with Gasteiger partial charge in [-0.05, 0) is 107 Å². The van der Waals surface area contributed by atoms with Crippen molar-refractivity contribution in [1.82, 2.24) is 9.80 Å². The number of carbonyl (C=O) groups is 3. The van der Waals surface area contributed by atoms with Crippen molar-refractivity contribution in [2.45, 2.75) is 130 Å². The normalized spacial score (nSPS) is 11.4. The Morgan fingerprint density at radius 3 is 1.33 bits per heavy atom. The van der Waals surface area contributed by atoms with Crippen molar-refractivity contribution in [2.24, 2.45) is 0 Å². The Kier molecular flexibility index (Phi) is 17.6. The maximum Gasteiger partial charge on any atom is 0.410 e. The Morgan fingerprint density at radius 1 is 0.574 bits per heavy atom. The van der Waals surface area contributed by atoms with Crippen LogP contribution in [0.2, 0.25) is 0 Å². The van der Waals surface area contributed by atoms with Gasteiger partial charge in [-0.25, -0.2) is 14.4 Å². The fourth-order valence-corrected chi connectivity index (χ4v) is 5.67. The van der Waals surface area contributed by atoms with Gasteiger partial charge in [0, 0.05) is 26.2 Å². The second-order valence-corrected chi connectivity index (χ2v) is 15.7. The zero-order chi connectivity index (χ0) is 39.6. The van der Waals surface area contributed by atoms with Gasteiger partial charge in [0.05, 0.1) is 19.3 Å². The molecule has 3 aromatic rings. The maximum atomic E-state index is 13.4. The number of esters is 1. The van der Waals surface area contributed by atoms with Crippen molar-refractivity contribution >= 4 is 18.2 Å². The number of benzene rings is 3. The van der Waals surface area contributed by atoms with E-state index in [-0.39, 0.29) is 6.54 Å². The standard InChI is InChI=1S/C45H62N2O7/c1-9-10-11-12-13-14-15-16-17-30-52-40-28-24-38(25-29-40)34-47(43(50)54-45(5,6)7)32-36-20-18-35(19-21-36)31-46(42(49)53-44(2,3)4)33-37-22-26-39(27-23-37)41(48)51-8/h9,18-29H,1,10-17,30-34H2,2-8H3. The van der Waals surface area contributed by atoms with Crippen molar-refractivity contribution in [2.75, 3.05) is 13.7 Å². The Labute approximate surface area is 323 Å². The first-order valence-electron chi connectivity index (χ1n) is 19.2. The van der Waals surface area contributed by atoms with Crippen molar-refractivity contribution in [3.63, 3.8) is 0 Å². The third kappa shape index (κ3) is 16.9. The lowest BCUT2D eigenvalue weighted by atomic mass is 10.1. The van der Waals surface area contributed by atoms with Crippen LogP contribution in [-0.2, 0) is 40.4 Å². The Balaban J connectivity index is 1.63. The highest BCUT2D eigenvalue weighted by atomic mass is 16.6. The van der Waals surface area contributed by atoms with E-state index >= 15 is 0 Å². The molecule has 9 heteroatoms. The minimum atomic E-state index is -0.670. The molecule has 294 valence electrons. The van der Waals surface area contributed by atoms with Crippen molar-refractivity contribution in [3.05, 3.63) is 113 Å². The van der Waals surface area contributed by atoms with Gasteiger partial charge in [0.15, 0.2) is 0 Å². The Morgan fingerprint density at radius 2 is 0.944 bits per heavy atom. The summed E-state index contributed by atoms with van der Waals surface area (Å²) in [7, 11) is 1.34. The number of hydrogen-bond donors (Lipinski definition) is 0. The highest BCUT2D eigenvalue weighted by Crippen LogP contribution is 2.21. The van der Waals surface area contributed by atoms with Crippen LogP contribution in [0.3, 0.4) is 0 Å². The van der Waals surface area contributed by atoms with Crippen LogP contribution in [0.25, 0.3) is 0 Å². The molecule has 0 bridgehead atoms. The van der Waals surface area contributed by atoms with Crippen LogP contribution >= 0.6 is 0 Å². The Bertz CT molecular complexity index is 1590. The molecular weight excluding hydrogens is 681 g/mol. The molecule has 54 heavy (non-hydrogen) atoms. The van der Waals surface area contributed by atoms with Crippen LogP contribution in [0, 0.1) is 0 Å². The first kappa shape index (κ1) is 43.6. The molecular formula is C45H62N2O7. The number of carbonyl (C=O) groups excluding carboxylic acids is 3. The molecule has 0 aliphatic heterocycles. The van der Waals surface area contributed by atoms with Gasteiger partial charge in [-0.2, -0.15) is 0 Å². The molecule has 0 saturated carbocycles. The molecule has 3 aromatic carbocycles. The van der Waals surface area contributed by atoms with E-state index in [0.717, 1.165) is 40.8 Å². The molecule has 2 amide bonds. The van der Waals surface area contributed by atoms with Gasteiger partial charge in [0.25, 0.3) is 0 Å². The summed E-state index contributed by atoms with van der Waals surface area (Å²) in [6, 6.07) is 22.7. The molecule has 0 fully saturated rings. The molecule has 0 unspecified atom stereocenters. The fraction of sp³-hybridized carbons (Fsp3) is 0.489. The zero-order valence-corrected chi connectivity index (χ0v) is 33.7. The van der Waals surface area contributed by atoms with Gasteiger partial charge in [-0.1, -0.05) is 86.7 Å². The molecule has 0 aliphatic rings. The molecule has 9 nitrogen and oxygen atoms in total. The zero-order valence-electron chi connectivity index (χ0n) is 33.7. The van der Waals surface area contributed by atoms with E-state index in [9.17, 15) is 14.4 Å². The van der Waals surface area contributed by atoms with Crippen molar-refractivity contribution in [3.8, 4) is 5.75 Å². The number of methoxy groups -OCH3 is 1. The van der Waals surface area contributed by atoms with E-state index < -0.39 is 29.4 Å². The third-order valence-corrected chi connectivity index (χ3v) is 8.44. The lowest BCUT2D eigenvalue weighted by molar-refractivity contribution is 0.0205. The topological polar surface area (TPSA) is 94.6 Å². The molecule has 0 aromatic heterocycles. The van der Waals surface area contributed by atoms with Crippen LogP contribution in [0.4, 0.5) is 9.59 Å². The predicted molar refractivity (Wildman–Crippen MR) is 214 cm³/mol. The van der Waals surface area contributed by atoms with Crippen LogP contribution in [0.1, 0.15) is 126 Å². The SMILES string of the molecule is C=CCCCCCCCCCOc1ccc(CN(Cc2ccc(CN(Cc3ccc(C(=O)OC)cc3)C(=O)OC(C)(C)C)cc2)C(=O)OC(C)(C)C)cc1. The predicted octanol–water partition coefficient (Wildman–Crippen LogP) is 11.0. The summed E-state index contributed by atoms with van der Waals surface area (Å²) in [5.41, 5.74) is 2.75. The second-order valence-electron chi connectivity index (χ2n) is 15.7. The lowest BCUT2D eigenvalue weighted by Crippen LogP contribution is -2.36. The summed E-state index contributed by atoms with van der Waals surface area (Å²) in [4.78, 5) is 41.9. The molecule has 0 spiro atoms. The number of unbranched alkanes of at least 4 members (excludes halogenated alkanes) is 7. The number of nitrogens with zero attached hydrogens (tertiary/aromatic N) is 2. The summed E-state index contributed by atoms with van der Waals surface area (Å²) in [6.45, 7) is 16.8. The number of amides is 2. The highest BCUT2D eigenvalue weighted by molar-refractivity contribution is 5.89. The van der Waals surface area contributed by atoms with Gasteiger partial charge in [-0.15, -0.1) is 6.58 Å². The average Bonchev–Trinajstić information content (AvgIpc) is 3.11. The molecule has 0 aliphatic carbocycles. The number of allylic oxidation sites excluding steroid dienone is 1. The van der Waals surface area contributed by atoms with E-state index in [0.29, 0.717) is 31.8 Å². The molecule has 0 N–H and O–H groups in total. The van der Waals surface area contributed by atoms with Gasteiger partial charge < -0.3 is 18.9 Å². The molecule has 0 atom stereocenters. The quantitative estimate of drug-likeness (QED) is 0.0492. The van der Waals surface area contributed by atoms with Crippen LogP contribution in [0.15, 0.2) is 85.5 Å². The number of hydrogen-bond acceptors (Lipinski definition) is 7. The summed E-state index contributed by atoms with van der Waals surface area (Å²) >= 11 is 0. The third-order valence-electron chi connectivity index (χ3n) is 8.44. The monoisotopic (exact) mass is 742 g/mol. The van der Waals surface area contributed by atoms with Crippen LogP contribution in [-0.4, -0.2) is 52.9 Å². The number of ether oxygens (including phenoxy) is 4. The summed E-state index contributed by atoms with van der Waals surface area (Å²) in [6.07, 6.45) is 10.8. The molecule has 3 rings (SSSR count). The molecule has 0 heterocycles. The van der Waals surface area contributed by atoms with Crippen molar-refractivity contribution < 1.29 is 33.3 Å². The van der Waals surface area contributed by atoms with Crippen LogP contribution in [0.5, 0.6) is 5.75 Å². The Hall–Kier alpha value is -4.79. The van der Waals surface area contributed by atoms with Crippen molar-refractivity contribution in [1.29, 1.82) is 0 Å². The second kappa shape index (κ2) is 21.8. The summed E-state index contributed by atoms with van der Waals surface area (Å²) in [5, 5.41) is 0. The highest BCUT2D eigenvalue weighted by Gasteiger charge is 2.25. The van der Waals surface area contributed by atoms with E-state index in [1.54, 1.807) is 34.1 Å². The van der Waals surface area contributed by atoms with Crippen LogP contribution < -0.4 is 4.74 Å². The minimum Gasteiger partial charge on any atom is -0.494 e. The van der Waals surface area contributed by atoms with E-state index in [4.69, 9.17) is 18.9 Å². The first-order chi connectivity index (χ1) is 25.7. The summed E-state index contributed by atoms with van der Waals surface area (Å²) < 4.78 is 22.3. The number of rotatable bonds is 20. The minimum absolute atomic E-state index is 0.283. The molecule has 0 radical (unpaired) electrons. The van der Waals surface area contributed by atoms with E-state index in [1.165, 1.54) is 45.6 Å². The van der Waals surface area contributed by atoms with Gasteiger partial charge in [0.2, 0.25) is 0 Å². The smallest absolute Gasteiger partial charge is 0.410 e. The molecule has 0 saturated heterocycles. The summed E-state index contributed by atoms with van der Waals surface area (Å²) in [5.74, 6) is 0.401. The largest absolute Gasteiger partial charge is 0.494 e. The lowest BCUT2D eigenvalue weighted by Gasteiger charge is -2.28. The first-order valence-corrected chi connectivity index (χ1v) is 19.2. The average molecular weight is 743 g/mol. The fourth-order valence-electron chi connectivity index (χ4n) is 5.67. The van der Waals surface area contributed by atoms with Gasteiger partial charge >= 0.3 is 18.2 Å². The van der Waals surface area contributed by atoms with Gasteiger partial charge in [0.1, 0.15) is 17.0 Å². The van der Waals surface area contributed by atoms with Gasteiger partial charge in [-0.3, -0.25) is 9.80 Å². The van der Waals surface area contributed by atoms with E-state index in [1.807, 2.05) is 96.1 Å². The van der Waals surface area contributed by atoms with E-state index in [2.05, 4.69) is 6.58 Å².